The number of carbonyl (C=O) groups is 2. The van der Waals surface area contributed by atoms with Crippen LogP contribution in [0.1, 0.15) is 18.5 Å². The van der Waals surface area contributed by atoms with Crippen LogP contribution in [0.25, 0.3) is 0 Å². The Morgan fingerprint density at radius 1 is 1.58 bits per heavy atom. The molecule has 1 saturated heterocycles. The fraction of sp³-hybridized carbons (Fsp3) is 0.545. The molecule has 2 rings (SSSR count). The van der Waals surface area contributed by atoms with Crippen LogP contribution < -0.4 is 16.4 Å². The van der Waals surface area contributed by atoms with E-state index in [2.05, 4.69) is 15.6 Å². The Bertz CT molecular complexity index is 476. The van der Waals surface area contributed by atoms with E-state index in [1.807, 2.05) is 12.3 Å². The summed E-state index contributed by atoms with van der Waals surface area (Å²) >= 11 is 1.36. The van der Waals surface area contributed by atoms with E-state index >= 15 is 0 Å². The fourth-order valence-electron chi connectivity index (χ4n) is 1.82. The number of nitrogens with two attached hydrogens (primary N) is 1. The monoisotopic (exact) mass is 284 g/mol. The van der Waals surface area contributed by atoms with Crippen molar-refractivity contribution in [2.24, 2.45) is 5.73 Å². The third kappa shape index (κ3) is 3.90. The highest BCUT2D eigenvalue weighted by molar-refractivity contribution is 7.13. The van der Waals surface area contributed by atoms with Crippen molar-refractivity contribution in [2.75, 3.05) is 11.9 Å². The number of thiazole rings is 1. The summed E-state index contributed by atoms with van der Waals surface area (Å²) in [5, 5.41) is 7.72. The first-order valence-electron chi connectivity index (χ1n) is 5.96. The first-order valence-corrected chi connectivity index (χ1v) is 6.84. The Morgan fingerprint density at radius 2 is 2.37 bits per heavy atom. The third-order valence-corrected chi connectivity index (χ3v) is 3.63. The van der Waals surface area contributed by atoms with E-state index in [0.717, 1.165) is 5.69 Å². The van der Waals surface area contributed by atoms with Gasteiger partial charge in [0.15, 0.2) is 5.13 Å². The zero-order valence-corrected chi connectivity index (χ0v) is 11.3. The van der Waals surface area contributed by atoms with Crippen LogP contribution in [0.5, 0.6) is 0 Å². The maximum absolute atomic E-state index is 11.6. The number of hydrogen-bond acceptors (Lipinski definition) is 5. The smallest absolute Gasteiger partial charge is 0.321 e. The number of aryl methyl sites for hydroxylation is 1. The van der Waals surface area contributed by atoms with Gasteiger partial charge in [-0.25, -0.2) is 9.78 Å². The highest BCUT2D eigenvalue weighted by Gasteiger charge is 2.29. The Hall–Kier alpha value is -1.67. The van der Waals surface area contributed by atoms with Crippen LogP contribution in [-0.4, -0.2) is 35.7 Å². The summed E-state index contributed by atoms with van der Waals surface area (Å²) in [5.41, 5.74) is 6.01. The average molecular weight is 284 g/mol. The molecule has 0 aliphatic carbocycles. The largest absolute Gasteiger partial charge is 0.367 e. The lowest BCUT2D eigenvalue weighted by molar-refractivity contribution is -0.128. The minimum atomic E-state index is -0.531. The molecule has 0 spiro atoms. The third-order valence-electron chi connectivity index (χ3n) is 2.75. The predicted molar refractivity (Wildman–Crippen MR) is 71.0 cm³/mol. The highest BCUT2D eigenvalue weighted by atomic mass is 32.1. The first kappa shape index (κ1) is 13.8. The summed E-state index contributed by atoms with van der Waals surface area (Å²) in [6.45, 7) is 2.20. The number of urea groups is 1. The maximum Gasteiger partial charge on any atom is 0.321 e. The number of primary amides is 1. The summed E-state index contributed by atoms with van der Waals surface area (Å²) in [6, 6.07) is -0.333. The highest BCUT2D eigenvalue weighted by Crippen LogP contribution is 2.19. The van der Waals surface area contributed by atoms with Gasteiger partial charge in [-0.2, -0.15) is 0 Å². The molecule has 0 saturated carbocycles. The summed E-state index contributed by atoms with van der Waals surface area (Å²) in [5.74, 6) is -0.454. The summed E-state index contributed by atoms with van der Waals surface area (Å²) in [4.78, 5) is 26.6. The van der Waals surface area contributed by atoms with Crippen molar-refractivity contribution in [1.29, 1.82) is 0 Å². The van der Waals surface area contributed by atoms with Crippen LogP contribution in [0.4, 0.5) is 9.93 Å². The van der Waals surface area contributed by atoms with E-state index in [9.17, 15) is 9.59 Å². The number of amides is 3. The van der Waals surface area contributed by atoms with Crippen LogP contribution in [0, 0.1) is 6.92 Å². The Balaban J connectivity index is 1.71. The van der Waals surface area contributed by atoms with E-state index in [1.165, 1.54) is 11.3 Å². The number of aromatic nitrogens is 1. The lowest BCUT2D eigenvalue weighted by Gasteiger charge is -2.12. The first-order chi connectivity index (χ1) is 9.04. The van der Waals surface area contributed by atoms with Crippen molar-refractivity contribution in [1.82, 2.24) is 10.3 Å². The van der Waals surface area contributed by atoms with Crippen molar-refractivity contribution < 1.29 is 14.3 Å². The number of rotatable bonds is 4. The van der Waals surface area contributed by atoms with E-state index in [4.69, 9.17) is 10.5 Å². The van der Waals surface area contributed by atoms with Crippen molar-refractivity contribution >= 4 is 28.4 Å². The van der Waals surface area contributed by atoms with Crippen molar-refractivity contribution in [2.45, 2.75) is 32.0 Å². The van der Waals surface area contributed by atoms with Gasteiger partial charge in [0.25, 0.3) is 0 Å². The predicted octanol–water partition coefficient (Wildman–Crippen LogP) is 0.606. The molecule has 2 atom stereocenters. The standard InChI is InChI=1S/C11H16N4O3S/c1-6-5-19-11(14-6)15-10(17)13-4-7-2-3-8(18-7)9(12)16/h5,7-8H,2-4H2,1H3,(H2,12,16)(H2,13,14,15,17)/t7-,8-/m1/s1. The van der Waals surface area contributed by atoms with Gasteiger partial charge in [-0.15, -0.1) is 11.3 Å². The number of hydrogen-bond donors (Lipinski definition) is 3. The minimum Gasteiger partial charge on any atom is -0.367 e. The number of carbonyl (C=O) groups excluding carboxylic acids is 2. The molecule has 1 fully saturated rings. The Labute approximate surface area is 114 Å². The van der Waals surface area contributed by atoms with E-state index in [0.29, 0.717) is 24.5 Å². The van der Waals surface area contributed by atoms with Gasteiger partial charge in [0.05, 0.1) is 11.8 Å². The second-order valence-corrected chi connectivity index (χ2v) is 5.21. The SMILES string of the molecule is Cc1csc(NC(=O)NC[C@H]2CC[C@H](C(N)=O)O2)n1. The molecule has 1 aliphatic heterocycles. The topological polar surface area (TPSA) is 106 Å². The normalized spacial score (nSPS) is 22.2. The number of nitrogens with zero attached hydrogens (tertiary/aromatic N) is 1. The van der Waals surface area contributed by atoms with Crippen LogP contribution in [0.3, 0.4) is 0 Å². The number of anilines is 1. The molecule has 19 heavy (non-hydrogen) atoms. The van der Waals surface area contributed by atoms with Crippen LogP contribution in [0.15, 0.2) is 5.38 Å². The van der Waals surface area contributed by atoms with Crippen molar-refractivity contribution in [3.8, 4) is 0 Å². The molecule has 1 aromatic heterocycles. The molecule has 0 unspecified atom stereocenters. The molecule has 1 aromatic rings. The minimum absolute atomic E-state index is 0.165. The van der Waals surface area contributed by atoms with Crippen LogP contribution in [-0.2, 0) is 9.53 Å². The summed E-state index contributed by atoms with van der Waals surface area (Å²) in [6.07, 6.45) is 0.622. The molecule has 7 nitrogen and oxygen atoms in total. The van der Waals surface area contributed by atoms with Gasteiger partial charge in [-0.3, -0.25) is 10.1 Å². The molecule has 104 valence electrons. The van der Waals surface area contributed by atoms with Crippen LogP contribution in [0.2, 0.25) is 0 Å². The zero-order valence-electron chi connectivity index (χ0n) is 10.5. The van der Waals surface area contributed by atoms with Crippen molar-refractivity contribution in [3.05, 3.63) is 11.1 Å². The molecule has 0 aromatic carbocycles. The van der Waals surface area contributed by atoms with Gasteiger partial charge >= 0.3 is 6.03 Å². The Morgan fingerprint density at radius 3 is 2.95 bits per heavy atom. The molecule has 0 radical (unpaired) electrons. The number of ether oxygens (including phenoxy) is 1. The molecule has 1 aliphatic rings. The van der Waals surface area contributed by atoms with Gasteiger partial charge < -0.3 is 15.8 Å². The molecular weight excluding hydrogens is 268 g/mol. The molecule has 0 bridgehead atoms. The molecule has 8 heteroatoms. The average Bonchev–Trinajstić information content (AvgIpc) is 2.96. The second kappa shape index (κ2) is 5.98. The van der Waals surface area contributed by atoms with E-state index < -0.39 is 12.0 Å². The van der Waals surface area contributed by atoms with Gasteiger partial charge in [0.2, 0.25) is 5.91 Å². The Kier molecular flexibility index (Phi) is 4.33. The quantitative estimate of drug-likeness (QED) is 0.753. The fourth-order valence-corrected chi connectivity index (χ4v) is 2.51. The van der Waals surface area contributed by atoms with Crippen LogP contribution >= 0.6 is 11.3 Å². The maximum atomic E-state index is 11.6. The van der Waals surface area contributed by atoms with E-state index in [-0.39, 0.29) is 12.1 Å². The van der Waals surface area contributed by atoms with Gasteiger partial charge in [0.1, 0.15) is 6.10 Å². The summed E-state index contributed by atoms with van der Waals surface area (Å²) < 4.78 is 5.40. The molecular formula is C11H16N4O3S. The molecule has 4 N–H and O–H groups in total. The van der Waals surface area contributed by atoms with Gasteiger partial charge in [-0.1, -0.05) is 0 Å². The number of nitrogens with one attached hydrogen (secondary N) is 2. The lowest BCUT2D eigenvalue weighted by atomic mass is 10.2. The van der Waals surface area contributed by atoms with E-state index in [1.54, 1.807) is 0 Å². The lowest BCUT2D eigenvalue weighted by Crippen LogP contribution is -2.36. The second-order valence-electron chi connectivity index (χ2n) is 4.36. The molecule has 2 heterocycles. The van der Waals surface area contributed by atoms with Gasteiger partial charge in [0, 0.05) is 11.9 Å². The zero-order chi connectivity index (χ0) is 13.8. The van der Waals surface area contributed by atoms with Crippen molar-refractivity contribution in [3.63, 3.8) is 0 Å². The molecule has 3 amide bonds. The van der Waals surface area contributed by atoms with Gasteiger partial charge in [-0.05, 0) is 19.8 Å². The summed E-state index contributed by atoms with van der Waals surface area (Å²) in [7, 11) is 0.